The van der Waals surface area contributed by atoms with Gasteiger partial charge in [0.25, 0.3) is 0 Å². The molecule has 186 valence electrons. The lowest BCUT2D eigenvalue weighted by molar-refractivity contribution is 0.0486. The van der Waals surface area contributed by atoms with Crippen molar-refractivity contribution in [2.45, 2.75) is 129 Å². The van der Waals surface area contributed by atoms with Gasteiger partial charge in [-0.05, 0) is 25.7 Å². The van der Waals surface area contributed by atoms with E-state index in [-0.39, 0.29) is 12.3 Å². The van der Waals surface area contributed by atoms with Crippen LogP contribution in [0.1, 0.15) is 139 Å². The molecule has 0 spiro atoms. The highest BCUT2D eigenvalue weighted by molar-refractivity contribution is 5.88. The van der Waals surface area contributed by atoms with Crippen LogP contribution >= 0.6 is 0 Å². The highest BCUT2D eigenvalue weighted by Gasteiger charge is 2.18. The minimum atomic E-state index is -0.587. The Morgan fingerprint density at radius 1 is 0.812 bits per heavy atom. The SMILES string of the molecule is CCCCCCCCCCCCCc1c[nH]c(C(=O)OCCCCCCCCCO)c1F. The number of aliphatic hydroxyl groups excluding tert-OH is 1. The van der Waals surface area contributed by atoms with Crippen molar-refractivity contribution < 1.29 is 19.0 Å². The number of nitrogens with one attached hydrogen (secondary N) is 1. The molecule has 0 bridgehead atoms. The first-order valence-corrected chi connectivity index (χ1v) is 13.3. The summed E-state index contributed by atoms with van der Waals surface area (Å²) < 4.78 is 19.7. The number of rotatable bonds is 22. The molecule has 32 heavy (non-hydrogen) atoms. The van der Waals surface area contributed by atoms with Gasteiger partial charge in [0.1, 0.15) is 0 Å². The lowest BCUT2D eigenvalue weighted by Crippen LogP contribution is -2.09. The van der Waals surface area contributed by atoms with Crippen molar-refractivity contribution in [3.05, 3.63) is 23.3 Å². The molecular weight excluding hydrogens is 405 g/mol. The molecule has 0 saturated carbocycles. The summed E-state index contributed by atoms with van der Waals surface area (Å²) in [4.78, 5) is 14.9. The molecule has 0 saturated heterocycles. The van der Waals surface area contributed by atoms with E-state index in [9.17, 15) is 9.18 Å². The number of unbranched alkanes of at least 4 members (excludes halogenated alkanes) is 16. The predicted octanol–water partition coefficient (Wildman–Crippen LogP) is 7.89. The average Bonchev–Trinajstić information content (AvgIpc) is 3.16. The molecule has 2 N–H and O–H groups in total. The highest BCUT2D eigenvalue weighted by Crippen LogP contribution is 2.18. The number of carbonyl (C=O) groups is 1. The van der Waals surface area contributed by atoms with Crippen LogP contribution in [0.5, 0.6) is 0 Å². The number of hydrogen-bond donors (Lipinski definition) is 2. The van der Waals surface area contributed by atoms with E-state index >= 15 is 0 Å². The first kappa shape index (κ1) is 28.7. The summed E-state index contributed by atoms with van der Waals surface area (Å²) in [6.07, 6.45) is 23.4. The van der Waals surface area contributed by atoms with Crippen molar-refractivity contribution in [2.24, 2.45) is 0 Å². The molecule has 0 unspecified atom stereocenters. The molecule has 0 fully saturated rings. The summed E-state index contributed by atoms with van der Waals surface area (Å²) in [7, 11) is 0. The van der Waals surface area contributed by atoms with Crippen LogP contribution in [0, 0.1) is 5.82 Å². The van der Waals surface area contributed by atoms with Gasteiger partial charge in [0.05, 0.1) is 6.61 Å². The normalized spacial score (nSPS) is 11.2. The Labute approximate surface area is 195 Å². The number of aliphatic hydroxyl groups is 1. The summed E-state index contributed by atoms with van der Waals surface area (Å²) >= 11 is 0. The number of H-pyrrole nitrogens is 1. The molecule has 0 aromatic carbocycles. The smallest absolute Gasteiger partial charge is 0.357 e. The third kappa shape index (κ3) is 13.9. The molecule has 4 nitrogen and oxygen atoms in total. The van der Waals surface area contributed by atoms with Crippen molar-refractivity contribution in [1.82, 2.24) is 4.98 Å². The van der Waals surface area contributed by atoms with Crippen LogP contribution < -0.4 is 0 Å². The molecule has 5 heteroatoms. The third-order valence-corrected chi connectivity index (χ3v) is 6.18. The second kappa shape index (κ2) is 20.3. The zero-order valence-electron chi connectivity index (χ0n) is 20.6. The van der Waals surface area contributed by atoms with Crippen LogP contribution in [0.15, 0.2) is 6.20 Å². The van der Waals surface area contributed by atoms with Gasteiger partial charge in [-0.1, -0.05) is 103 Å². The fraction of sp³-hybridized carbons (Fsp3) is 0.815. The topological polar surface area (TPSA) is 62.3 Å². The largest absolute Gasteiger partial charge is 0.461 e. The van der Waals surface area contributed by atoms with E-state index in [1.807, 2.05) is 0 Å². The average molecular weight is 454 g/mol. The molecule has 0 radical (unpaired) electrons. The van der Waals surface area contributed by atoms with Crippen LogP contribution in [-0.2, 0) is 11.2 Å². The van der Waals surface area contributed by atoms with Gasteiger partial charge in [-0.2, -0.15) is 0 Å². The lowest BCUT2D eigenvalue weighted by atomic mass is 10.0. The predicted molar refractivity (Wildman–Crippen MR) is 131 cm³/mol. The monoisotopic (exact) mass is 453 g/mol. The lowest BCUT2D eigenvalue weighted by Gasteiger charge is -2.04. The second-order valence-corrected chi connectivity index (χ2v) is 9.12. The van der Waals surface area contributed by atoms with Crippen LogP contribution in [0.3, 0.4) is 0 Å². The van der Waals surface area contributed by atoms with Crippen LogP contribution in [-0.4, -0.2) is 29.3 Å². The maximum atomic E-state index is 14.5. The Bertz CT molecular complexity index is 573. The Morgan fingerprint density at radius 2 is 1.31 bits per heavy atom. The highest BCUT2D eigenvalue weighted by atomic mass is 19.1. The van der Waals surface area contributed by atoms with E-state index in [0.29, 0.717) is 18.6 Å². The second-order valence-electron chi connectivity index (χ2n) is 9.12. The zero-order valence-corrected chi connectivity index (χ0v) is 20.6. The van der Waals surface area contributed by atoms with Crippen LogP contribution in [0.25, 0.3) is 0 Å². The number of aromatic nitrogens is 1. The Morgan fingerprint density at radius 3 is 1.88 bits per heavy atom. The van der Waals surface area contributed by atoms with E-state index in [1.54, 1.807) is 6.20 Å². The third-order valence-electron chi connectivity index (χ3n) is 6.18. The minimum absolute atomic E-state index is 0.0351. The molecular formula is C27H48FNO3. The van der Waals surface area contributed by atoms with Gasteiger partial charge < -0.3 is 14.8 Å². The minimum Gasteiger partial charge on any atom is -0.461 e. The number of halogens is 1. The number of carbonyl (C=O) groups excluding carboxylic acids is 1. The van der Waals surface area contributed by atoms with Crippen molar-refractivity contribution in [3.63, 3.8) is 0 Å². The maximum Gasteiger partial charge on any atom is 0.357 e. The zero-order chi connectivity index (χ0) is 23.3. The summed E-state index contributed by atoms with van der Waals surface area (Å²) in [5, 5.41) is 8.74. The summed E-state index contributed by atoms with van der Waals surface area (Å²) in [6, 6.07) is 0. The molecule has 0 atom stereocenters. The number of ether oxygens (including phenoxy) is 1. The Kier molecular flexibility index (Phi) is 18.2. The van der Waals surface area contributed by atoms with Gasteiger partial charge >= 0.3 is 5.97 Å². The first-order valence-electron chi connectivity index (χ1n) is 13.3. The van der Waals surface area contributed by atoms with Gasteiger partial charge in [0.15, 0.2) is 11.5 Å². The van der Waals surface area contributed by atoms with Crippen molar-refractivity contribution in [1.29, 1.82) is 0 Å². The van der Waals surface area contributed by atoms with Gasteiger partial charge in [-0.25, -0.2) is 9.18 Å². The molecule has 0 aliphatic rings. The number of aryl methyl sites for hydroxylation is 1. The van der Waals surface area contributed by atoms with Gasteiger partial charge in [0.2, 0.25) is 0 Å². The van der Waals surface area contributed by atoms with Gasteiger partial charge in [-0.3, -0.25) is 0 Å². The molecule has 0 aliphatic heterocycles. The Balaban J connectivity index is 2.06. The van der Waals surface area contributed by atoms with Crippen molar-refractivity contribution in [3.8, 4) is 0 Å². The quantitative estimate of drug-likeness (QED) is 0.139. The van der Waals surface area contributed by atoms with Gasteiger partial charge in [0, 0.05) is 18.4 Å². The number of aromatic amines is 1. The van der Waals surface area contributed by atoms with Crippen LogP contribution in [0.4, 0.5) is 4.39 Å². The number of hydrogen-bond acceptors (Lipinski definition) is 3. The maximum absolute atomic E-state index is 14.5. The van der Waals surface area contributed by atoms with E-state index in [4.69, 9.17) is 9.84 Å². The first-order chi connectivity index (χ1) is 15.7. The molecule has 1 aromatic rings. The molecule has 1 rings (SSSR count). The summed E-state index contributed by atoms with van der Waals surface area (Å²) in [5.74, 6) is -1.03. The van der Waals surface area contributed by atoms with E-state index in [2.05, 4.69) is 11.9 Å². The molecule has 1 aromatic heterocycles. The van der Waals surface area contributed by atoms with Crippen LogP contribution in [0.2, 0.25) is 0 Å². The van der Waals surface area contributed by atoms with Crippen molar-refractivity contribution in [2.75, 3.05) is 13.2 Å². The summed E-state index contributed by atoms with van der Waals surface area (Å²) in [6.45, 7) is 2.85. The fourth-order valence-electron chi connectivity index (χ4n) is 4.09. The molecule has 0 amide bonds. The fourth-order valence-corrected chi connectivity index (χ4v) is 4.09. The summed E-state index contributed by atoms with van der Waals surface area (Å²) in [5.41, 5.74) is 0.558. The number of esters is 1. The van der Waals surface area contributed by atoms with E-state index in [1.165, 1.54) is 57.8 Å². The van der Waals surface area contributed by atoms with E-state index in [0.717, 1.165) is 57.8 Å². The molecule has 1 heterocycles. The standard InChI is InChI=1S/C27H48FNO3/c1-2-3-4-5-6-7-8-9-11-14-17-20-24-23-29-26(25(24)28)27(31)32-22-19-16-13-10-12-15-18-21-30/h23,29-30H,2-22H2,1H3. The Hall–Kier alpha value is -1.36. The van der Waals surface area contributed by atoms with E-state index < -0.39 is 11.8 Å². The van der Waals surface area contributed by atoms with Gasteiger partial charge in [-0.15, -0.1) is 0 Å². The molecule has 0 aliphatic carbocycles. The van der Waals surface area contributed by atoms with Crippen molar-refractivity contribution >= 4 is 5.97 Å².